The maximum absolute atomic E-state index is 12.3. The third-order valence-electron chi connectivity index (χ3n) is 5.40. The molecule has 1 saturated carbocycles. The first-order valence-corrected chi connectivity index (χ1v) is 10.3. The normalized spacial score (nSPS) is 18.7. The van der Waals surface area contributed by atoms with E-state index in [9.17, 15) is 9.59 Å². The smallest absolute Gasteiger partial charge is 0.223 e. The summed E-state index contributed by atoms with van der Waals surface area (Å²) in [5.41, 5.74) is 0.768. The van der Waals surface area contributed by atoms with E-state index in [1.54, 1.807) is 6.07 Å². The highest BCUT2D eigenvalue weighted by Gasteiger charge is 2.36. The molecular formula is C20H26Cl2N2O3. The highest BCUT2D eigenvalue weighted by Crippen LogP contribution is 2.39. The molecule has 7 heteroatoms. The Hall–Kier alpha value is -1.30. The Bertz CT molecular complexity index is 686. The first-order valence-electron chi connectivity index (χ1n) is 9.58. The van der Waals surface area contributed by atoms with Crippen LogP contribution in [0.3, 0.4) is 0 Å². The second kappa shape index (κ2) is 9.26. The van der Waals surface area contributed by atoms with Crippen molar-refractivity contribution < 1.29 is 14.3 Å². The van der Waals surface area contributed by atoms with Crippen LogP contribution in [0.5, 0.6) is 0 Å². The van der Waals surface area contributed by atoms with Crippen LogP contribution in [0.15, 0.2) is 18.2 Å². The first-order chi connectivity index (χ1) is 13.0. The van der Waals surface area contributed by atoms with Crippen molar-refractivity contribution in [2.45, 2.75) is 43.9 Å². The molecule has 148 valence electrons. The van der Waals surface area contributed by atoms with Crippen molar-refractivity contribution in [2.75, 3.05) is 26.3 Å². The van der Waals surface area contributed by atoms with Gasteiger partial charge in [0.05, 0.1) is 0 Å². The molecule has 1 saturated heterocycles. The summed E-state index contributed by atoms with van der Waals surface area (Å²) in [7, 11) is 0. The van der Waals surface area contributed by atoms with Crippen molar-refractivity contribution in [3.05, 3.63) is 33.8 Å². The van der Waals surface area contributed by atoms with Gasteiger partial charge < -0.3 is 15.4 Å². The minimum Gasteiger partial charge on any atom is -0.381 e. The largest absolute Gasteiger partial charge is 0.381 e. The Morgan fingerprint density at radius 3 is 2.56 bits per heavy atom. The van der Waals surface area contributed by atoms with E-state index in [4.69, 9.17) is 27.9 Å². The van der Waals surface area contributed by atoms with E-state index in [1.807, 2.05) is 12.1 Å². The molecule has 2 fully saturated rings. The summed E-state index contributed by atoms with van der Waals surface area (Å²) < 4.78 is 5.52. The predicted molar refractivity (Wildman–Crippen MR) is 106 cm³/mol. The Kier molecular flexibility index (Phi) is 7.01. The molecule has 3 rings (SSSR count). The number of benzene rings is 1. The molecule has 1 aromatic carbocycles. The average molecular weight is 413 g/mol. The lowest BCUT2D eigenvalue weighted by molar-refractivity contribution is -0.123. The van der Waals surface area contributed by atoms with Crippen LogP contribution in [-0.4, -0.2) is 38.1 Å². The van der Waals surface area contributed by atoms with Gasteiger partial charge in [0, 0.05) is 54.1 Å². The van der Waals surface area contributed by atoms with E-state index in [1.165, 1.54) is 0 Å². The molecule has 0 atom stereocenters. The Morgan fingerprint density at radius 1 is 1.15 bits per heavy atom. The highest BCUT2D eigenvalue weighted by molar-refractivity contribution is 6.35. The number of halogens is 2. The van der Waals surface area contributed by atoms with Gasteiger partial charge in [0.2, 0.25) is 11.8 Å². The number of nitrogens with one attached hydrogen (secondary N) is 2. The number of carbonyl (C=O) groups is 2. The van der Waals surface area contributed by atoms with E-state index in [-0.39, 0.29) is 23.1 Å². The summed E-state index contributed by atoms with van der Waals surface area (Å²) in [6, 6.07) is 5.54. The standard InChI is InChI=1S/C20H26Cl2N2O3/c21-15-5-6-16(17(22)12-15)20(7-10-27-11-8-20)13-24-18(25)2-1-9-23-19(26)14-3-4-14/h5-6,12,14H,1-4,7-11,13H2,(H,23,26)(H,24,25). The first kappa shape index (κ1) is 20.4. The molecule has 1 heterocycles. The second-order valence-electron chi connectivity index (χ2n) is 7.46. The summed E-state index contributed by atoms with van der Waals surface area (Å²) in [6.07, 6.45) is 4.61. The Labute approximate surface area is 170 Å². The van der Waals surface area contributed by atoms with Gasteiger partial charge in [0.1, 0.15) is 0 Å². The molecular weight excluding hydrogens is 387 g/mol. The van der Waals surface area contributed by atoms with Crippen molar-refractivity contribution in [3.8, 4) is 0 Å². The second-order valence-corrected chi connectivity index (χ2v) is 8.31. The third kappa shape index (κ3) is 5.59. The summed E-state index contributed by atoms with van der Waals surface area (Å²) in [5.74, 6) is 0.317. The molecule has 0 radical (unpaired) electrons. The van der Waals surface area contributed by atoms with Crippen LogP contribution in [0.4, 0.5) is 0 Å². The van der Waals surface area contributed by atoms with Crippen LogP contribution in [-0.2, 0) is 19.7 Å². The fourth-order valence-corrected chi connectivity index (χ4v) is 4.14. The summed E-state index contributed by atoms with van der Waals surface area (Å²) >= 11 is 12.5. The average Bonchev–Trinajstić information content (AvgIpc) is 3.49. The highest BCUT2D eigenvalue weighted by atomic mass is 35.5. The van der Waals surface area contributed by atoms with Gasteiger partial charge >= 0.3 is 0 Å². The minimum atomic E-state index is -0.240. The molecule has 0 aromatic heterocycles. The van der Waals surface area contributed by atoms with Gasteiger partial charge in [-0.2, -0.15) is 0 Å². The van der Waals surface area contributed by atoms with Crippen LogP contribution in [0.25, 0.3) is 0 Å². The zero-order chi connectivity index (χ0) is 19.3. The van der Waals surface area contributed by atoms with Crippen molar-refractivity contribution in [1.29, 1.82) is 0 Å². The maximum Gasteiger partial charge on any atom is 0.223 e. The predicted octanol–water partition coefficient (Wildman–Crippen LogP) is 3.46. The zero-order valence-electron chi connectivity index (χ0n) is 15.4. The molecule has 1 aliphatic carbocycles. The monoisotopic (exact) mass is 412 g/mol. The van der Waals surface area contributed by atoms with Gasteiger partial charge in [-0.05, 0) is 49.8 Å². The Balaban J connectivity index is 1.52. The van der Waals surface area contributed by atoms with E-state index >= 15 is 0 Å². The van der Waals surface area contributed by atoms with Crippen LogP contribution in [0, 0.1) is 5.92 Å². The number of amides is 2. The van der Waals surface area contributed by atoms with Gasteiger partial charge in [0.25, 0.3) is 0 Å². The zero-order valence-corrected chi connectivity index (χ0v) is 16.9. The summed E-state index contributed by atoms with van der Waals surface area (Å²) in [5, 5.41) is 7.17. The van der Waals surface area contributed by atoms with Crippen molar-refractivity contribution in [2.24, 2.45) is 5.92 Å². The molecule has 0 spiro atoms. The topological polar surface area (TPSA) is 67.4 Å². The van der Waals surface area contributed by atoms with Crippen LogP contribution in [0.1, 0.15) is 44.1 Å². The number of carbonyl (C=O) groups excluding carboxylic acids is 2. The van der Waals surface area contributed by atoms with Gasteiger partial charge in [-0.3, -0.25) is 9.59 Å². The van der Waals surface area contributed by atoms with Crippen LogP contribution in [0.2, 0.25) is 10.0 Å². The van der Waals surface area contributed by atoms with Crippen molar-refractivity contribution >= 4 is 35.0 Å². The Morgan fingerprint density at radius 2 is 1.89 bits per heavy atom. The molecule has 0 bridgehead atoms. The van der Waals surface area contributed by atoms with E-state index in [0.29, 0.717) is 49.2 Å². The summed E-state index contributed by atoms with van der Waals surface area (Å²) in [6.45, 7) is 2.35. The molecule has 2 amide bonds. The number of hydrogen-bond donors (Lipinski definition) is 2. The molecule has 2 aliphatic rings. The fraction of sp³-hybridized carbons (Fsp3) is 0.600. The molecule has 1 aliphatic heterocycles. The van der Waals surface area contributed by atoms with E-state index < -0.39 is 0 Å². The molecule has 1 aromatic rings. The third-order valence-corrected chi connectivity index (χ3v) is 5.95. The maximum atomic E-state index is 12.3. The minimum absolute atomic E-state index is 0.00776. The van der Waals surface area contributed by atoms with E-state index in [2.05, 4.69) is 10.6 Å². The van der Waals surface area contributed by atoms with Crippen LogP contribution >= 0.6 is 23.2 Å². The van der Waals surface area contributed by atoms with Gasteiger partial charge in [-0.15, -0.1) is 0 Å². The quantitative estimate of drug-likeness (QED) is 0.642. The van der Waals surface area contributed by atoms with Gasteiger partial charge in [-0.25, -0.2) is 0 Å². The lowest BCUT2D eigenvalue weighted by Crippen LogP contribution is -2.44. The number of hydrogen-bond acceptors (Lipinski definition) is 3. The lowest BCUT2D eigenvalue weighted by Gasteiger charge is -2.38. The SMILES string of the molecule is O=C(CCCNC(=O)C1CC1)NCC1(c2ccc(Cl)cc2Cl)CCOCC1. The number of ether oxygens (including phenoxy) is 1. The molecule has 0 unspecified atom stereocenters. The molecule has 5 nitrogen and oxygen atoms in total. The lowest BCUT2D eigenvalue weighted by atomic mass is 9.74. The molecule has 27 heavy (non-hydrogen) atoms. The van der Waals surface area contributed by atoms with Gasteiger partial charge in [-0.1, -0.05) is 29.3 Å². The van der Waals surface area contributed by atoms with Crippen LogP contribution < -0.4 is 10.6 Å². The van der Waals surface area contributed by atoms with Crippen molar-refractivity contribution in [1.82, 2.24) is 10.6 Å². The van der Waals surface area contributed by atoms with Gasteiger partial charge in [0.15, 0.2) is 0 Å². The molecule has 2 N–H and O–H groups in total. The van der Waals surface area contributed by atoms with E-state index in [0.717, 1.165) is 31.2 Å². The summed E-state index contributed by atoms with van der Waals surface area (Å²) in [4.78, 5) is 23.9. The fourth-order valence-electron chi connectivity index (χ4n) is 3.53. The van der Waals surface area contributed by atoms with Crippen molar-refractivity contribution in [3.63, 3.8) is 0 Å². The number of rotatable bonds is 8.